The van der Waals surface area contributed by atoms with Gasteiger partial charge >= 0.3 is 0 Å². The molecule has 5 rings (SSSR count). The summed E-state index contributed by atoms with van der Waals surface area (Å²) < 4.78 is 0. The molecule has 2 aromatic rings. The summed E-state index contributed by atoms with van der Waals surface area (Å²) in [5, 5.41) is 1.97. The third kappa shape index (κ3) is 3.13. The largest absolute Gasteiger partial charge is 0.334 e. The van der Waals surface area contributed by atoms with Crippen molar-refractivity contribution in [2.45, 2.75) is 32.4 Å². The quantitative estimate of drug-likeness (QED) is 0.832. The van der Waals surface area contributed by atoms with Gasteiger partial charge in [-0.05, 0) is 19.8 Å². The highest BCUT2D eigenvalue weighted by atomic mass is 32.1. The first-order chi connectivity index (χ1) is 12.1. The zero-order valence-corrected chi connectivity index (χ0v) is 14.8. The Balaban J connectivity index is 1.55. The number of hydrogen-bond donors (Lipinski definition) is 0. The number of thiazole rings is 1. The molecule has 2 bridgehead atoms. The number of nitrogens with zero attached hydrogens (tertiary/aromatic N) is 5. The van der Waals surface area contributed by atoms with E-state index in [0.717, 1.165) is 24.2 Å². The molecule has 2 aromatic heterocycles. The Morgan fingerprint density at radius 1 is 1.24 bits per heavy atom. The van der Waals surface area contributed by atoms with Crippen LogP contribution in [-0.2, 0) is 11.3 Å². The van der Waals surface area contributed by atoms with E-state index < -0.39 is 0 Å². The average Bonchev–Trinajstić information content (AvgIpc) is 2.98. The second kappa shape index (κ2) is 6.51. The van der Waals surface area contributed by atoms with Gasteiger partial charge in [-0.15, -0.1) is 11.3 Å². The van der Waals surface area contributed by atoms with E-state index in [1.54, 1.807) is 16.6 Å². The monoisotopic (exact) mass is 357 g/mol. The van der Waals surface area contributed by atoms with Crippen LogP contribution < -0.4 is 0 Å². The van der Waals surface area contributed by atoms with Crippen molar-refractivity contribution >= 4 is 23.2 Å². The molecule has 2 atom stereocenters. The highest BCUT2D eigenvalue weighted by Crippen LogP contribution is 2.30. The number of carbonyl (C=O) groups is 2. The number of fused-ring (bicyclic) bond motifs is 4. The maximum atomic E-state index is 12.8. The van der Waals surface area contributed by atoms with E-state index in [1.165, 1.54) is 17.5 Å². The average molecular weight is 357 g/mol. The van der Waals surface area contributed by atoms with Crippen LogP contribution in [-0.4, -0.2) is 55.7 Å². The minimum atomic E-state index is -0.146. The van der Waals surface area contributed by atoms with Crippen molar-refractivity contribution in [1.29, 1.82) is 0 Å². The molecule has 25 heavy (non-hydrogen) atoms. The van der Waals surface area contributed by atoms with E-state index >= 15 is 0 Å². The summed E-state index contributed by atoms with van der Waals surface area (Å²) in [5.74, 6) is -0.151. The summed E-state index contributed by atoms with van der Waals surface area (Å²) in [6.45, 7) is 3.36. The molecule has 130 valence electrons. The predicted octanol–water partition coefficient (Wildman–Crippen LogP) is 1.50. The molecule has 0 aromatic carbocycles. The Bertz CT molecular complexity index is 777. The first-order valence-corrected chi connectivity index (χ1v) is 9.31. The van der Waals surface area contributed by atoms with Crippen LogP contribution in [0.25, 0.3) is 0 Å². The molecule has 0 unspecified atom stereocenters. The van der Waals surface area contributed by atoms with Crippen molar-refractivity contribution in [3.05, 3.63) is 40.4 Å². The molecule has 5 heterocycles. The van der Waals surface area contributed by atoms with E-state index in [9.17, 15) is 9.59 Å². The van der Waals surface area contributed by atoms with Crippen molar-refractivity contribution < 1.29 is 9.59 Å². The van der Waals surface area contributed by atoms with Crippen LogP contribution in [0.5, 0.6) is 0 Å². The van der Waals surface area contributed by atoms with Gasteiger partial charge in [0.15, 0.2) is 0 Å². The summed E-state index contributed by atoms with van der Waals surface area (Å²) in [7, 11) is 0. The van der Waals surface area contributed by atoms with Crippen LogP contribution in [0.2, 0.25) is 0 Å². The fourth-order valence-corrected chi connectivity index (χ4v) is 4.12. The summed E-state index contributed by atoms with van der Waals surface area (Å²) in [6, 6.07) is 0.0373. The Labute approximate surface area is 149 Å². The van der Waals surface area contributed by atoms with E-state index in [1.807, 2.05) is 17.2 Å². The summed E-state index contributed by atoms with van der Waals surface area (Å²) in [6.07, 6.45) is 4.86. The van der Waals surface area contributed by atoms with Gasteiger partial charge in [0.05, 0.1) is 35.6 Å². The van der Waals surface area contributed by atoms with Crippen LogP contribution in [0.3, 0.4) is 0 Å². The molecule has 3 fully saturated rings. The standard InChI is InChI=1S/C17H19N5O2S/c1-11-4-19-15(5-18-11)17(24)21-6-12-2-3-14(8-21)22(16(12)23)7-13-9-25-10-20-13/h4-5,9-10,12,14H,2-3,6-8H2,1H3/t12-,14+/m1/s1. The van der Waals surface area contributed by atoms with Gasteiger partial charge in [0.1, 0.15) is 5.69 Å². The number of aromatic nitrogens is 3. The molecule has 0 radical (unpaired) electrons. The van der Waals surface area contributed by atoms with Crippen LogP contribution in [0.1, 0.15) is 34.7 Å². The second-order valence-corrected chi connectivity index (χ2v) is 7.35. The van der Waals surface area contributed by atoms with Gasteiger partial charge in [-0.1, -0.05) is 0 Å². The van der Waals surface area contributed by atoms with Crippen molar-refractivity contribution in [2.24, 2.45) is 5.92 Å². The van der Waals surface area contributed by atoms with Crippen LogP contribution in [0.15, 0.2) is 23.3 Å². The van der Waals surface area contributed by atoms with E-state index in [2.05, 4.69) is 15.0 Å². The summed E-state index contributed by atoms with van der Waals surface area (Å²) >= 11 is 1.53. The second-order valence-electron chi connectivity index (χ2n) is 6.63. The van der Waals surface area contributed by atoms with E-state index in [0.29, 0.717) is 25.3 Å². The van der Waals surface area contributed by atoms with E-state index in [-0.39, 0.29) is 23.8 Å². The normalized spacial score (nSPS) is 23.0. The molecule has 8 heteroatoms. The lowest BCUT2D eigenvalue weighted by Crippen LogP contribution is -2.47. The molecule has 2 amide bonds. The first kappa shape index (κ1) is 16.1. The topological polar surface area (TPSA) is 79.3 Å². The van der Waals surface area contributed by atoms with Crippen molar-refractivity contribution in [1.82, 2.24) is 24.8 Å². The maximum absolute atomic E-state index is 12.8. The fourth-order valence-electron chi connectivity index (χ4n) is 3.57. The highest BCUT2D eigenvalue weighted by molar-refractivity contribution is 7.07. The van der Waals surface area contributed by atoms with E-state index in [4.69, 9.17) is 0 Å². The Kier molecular flexibility index (Phi) is 4.20. The third-order valence-corrected chi connectivity index (χ3v) is 5.53. The molecule has 3 aliphatic heterocycles. The number of piperidine rings is 1. The van der Waals surface area contributed by atoms with Crippen LogP contribution in [0, 0.1) is 12.8 Å². The Morgan fingerprint density at radius 2 is 2.12 bits per heavy atom. The molecule has 0 spiro atoms. The SMILES string of the molecule is Cc1cnc(C(=O)N2C[C@H]3CC[C@@H](C2)N(Cc2cscn2)C3=O)cn1. The highest BCUT2D eigenvalue weighted by Gasteiger charge is 2.42. The number of aryl methyl sites for hydroxylation is 1. The number of hydrogen-bond acceptors (Lipinski definition) is 6. The number of carbonyl (C=O) groups excluding carboxylic acids is 2. The molecule has 0 saturated carbocycles. The van der Waals surface area contributed by atoms with Gasteiger partial charge < -0.3 is 9.80 Å². The van der Waals surface area contributed by atoms with Gasteiger partial charge in [0.25, 0.3) is 5.91 Å². The van der Waals surface area contributed by atoms with Crippen molar-refractivity contribution in [3.8, 4) is 0 Å². The predicted molar refractivity (Wildman–Crippen MR) is 91.8 cm³/mol. The van der Waals surface area contributed by atoms with Crippen LogP contribution >= 0.6 is 11.3 Å². The molecule has 0 aliphatic carbocycles. The number of amides is 2. The molecule has 3 saturated heterocycles. The smallest absolute Gasteiger partial charge is 0.274 e. The summed E-state index contributed by atoms with van der Waals surface area (Å²) in [5.41, 5.74) is 3.80. The fraction of sp³-hybridized carbons (Fsp3) is 0.471. The summed E-state index contributed by atoms with van der Waals surface area (Å²) in [4.78, 5) is 41.9. The third-order valence-electron chi connectivity index (χ3n) is 4.90. The van der Waals surface area contributed by atoms with Crippen LogP contribution in [0.4, 0.5) is 0 Å². The van der Waals surface area contributed by atoms with Gasteiger partial charge in [0.2, 0.25) is 5.91 Å². The Hall–Kier alpha value is -2.35. The van der Waals surface area contributed by atoms with Gasteiger partial charge in [0, 0.05) is 30.7 Å². The minimum Gasteiger partial charge on any atom is -0.334 e. The number of rotatable bonds is 3. The molecule has 7 nitrogen and oxygen atoms in total. The molecule has 3 aliphatic rings. The maximum Gasteiger partial charge on any atom is 0.274 e. The van der Waals surface area contributed by atoms with Gasteiger partial charge in [-0.25, -0.2) is 9.97 Å². The molecular formula is C17H19N5O2S. The first-order valence-electron chi connectivity index (χ1n) is 8.37. The Morgan fingerprint density at radius 3 is 2.84 bits per heavy atom. The van der Waals surface area contributed by atoms with Gasteiger partial charge in [-0.3, -0.25) is 14.6 Å². The van der Waals surface area contributed by atoms with Crippen molar-refractivity contribution in [3.63, 3.8) is 0 Å². The minimum absolute atomic E-state index is 0.0373. The zero-order chi connectivity index (χ0) is 17.4. The lowest BCUT2D eigenvalue weighted by atomic mass is 9.94. The lowest BCUT2D eigenvalue weighted by Gasteiger charge is -2.35. The van der Waals surface area contributed by atoms with Crippen molar-refractivity contribution in [2.75, 3.05) is 13.1 Å². The molecule has 0 N–H and O–H groups in total. The molecular weight excluding hydrogens is 338 g/mol. The lowest BCUT2D eigenvalue weighted by molar-refractivity contribution is -0.140. The zero-order valence-electron chi connectivity index (χ0n) is 14.0. The van der Waals surface area contributed by atoms with Gasteiger partial charge in [-0.2, -0.15) is 0 Å².